The van der Waals surface area contributed by atoms with Crippen molar-refractivity contribution in [1.82, 2.24) is 0 Å². The van der Waals surface area contributed by atoms with Crippen molar-refractivity contribution >= 4 is 6.08 Å². The van der Waals surface area contributed by atoms with Gasteiger partial charge in [-0.25, -0.2) is 0 Å². The lowest BCUT2D eigenvalue weighted by Gasteiger charge is -2.05. The number of ether oxygens (including phenoxy) is 1. The zero-order valence-electron chi connectivity index (χ0n) is 7.92. The maximum absolute atomic E-state index is 5.22. The van der Waals surface area contributed by atoms with Gasteiger partial charge in [0.25, 0.3) is 0 Å². The standard InChI is InChI=1S/C12H14O/c1-3-10-5-4-9(2)6-11(10)7-12-8-13-12/h3-6,12H,1,7-8H2,2H3. The summed E-state index contributed by atoms with van der Waals surface area (Å²) in [5, 5.41) is 0. The molecule has 0 spiro atoms. The highest BCUT2D eigenvalue weighted by Gasteiger charge is 2.23. The number of rotatable bonds is 3. The van der Waals surface area contributed by atoms with Crippen LogP contribution in [0.5, 0.6) is 0 Å². The predicted octanol–water partition coefficient (Wildman–Crippen LogP) is 2.58. The highest BCUT2D eigenvalue weighted by Crippen LogP contribution is 2.20. The second-order valence-electron chi connectivity index (χ2n) is 3.57. The number of hydrogen-bond acceptors (Lipinski definition) is 1. The van der Waals surface area contributed by atoms with Crippen molar-refractivity contribution in [3.8, 4) is 0 Å². The van der Waals surface area contributed by atoms with Crippen molar-refractivity contribution in [2.45, 2.75) is 19.4 Å². The van der Waals surface area contributed by atoms with E-state index in [-0.39, 0.29) is 0 Å². The minimum absolute atomic E-state index is 0.459. The maximum atomic E-state index is 5.22. The van der Waals surface area contributed by atoms with E-state index >= 15 is 0 Å². The molecule has 1 fully saturated rings. The third kappa shape index (κ3) is 1.99. The van der Waals surface area contributed by atoms with Gasteiger partial charge >= 0.3 is 0 Å². The number of benzene rings is 1. The van der Waals surface area contributed by atoms with E-state index in [1.165, 1.54) is 16.7 Å². The Hall–Kier alpha value is -1.08. The van der Waals surface area contributed by atoms with Gasteiger partial charge < -0.3 is 4.74 Å². The maximum Gasteiger partial charge on any atom is 0.0850 e. The molecule has 0 bridgehead atoms. The summed E-state index contributed by atoms with van der Waals surface area (Å²) < 4.78 is 5.22. The molecule has 13 heavy (non-hydrogen) atoms. The lowest BCUT2D eigenvalue weighted by atomic mass is 10.0. The molecule has 0 aliphatic carbocycles. The Bertz CT molecular complexity index is 324. The van der Waals surface area contributed by atoms with Crippen molar-refractivity contribution in [2.24, 2.45) is 0 Å². The molecule has 1 aromatic carbocycles. The first kappa shape index (κ1) is 8.52. The molecule has 1 atom stereocenters. The fourth-order valence-corrected chi connectivity index (χ4v) is 1.54. The van der Waals surface area contributed by atoms with Gasteiger partial charge in [0, 0.05) is 6.42 Å². The quantitative estimate of drug-likeness (QED) is 0.642. The van der Waals surface area contributed by atoms with Gasteiger partial charge in [0.1, 0.15) is 0 Å². The molecule has 1 heteroatoms. The third-order valence-corrected chi connectivity index (χ3v) is 2.37. The van der Waals surface area contributed by atoms with Gasteiger partial charge in [-0.05, 0) is 18.1 Å². The minimum atomic E-state index is 0.459. The van der Waals surface area contributed by atoms with Crippen molar-refractivity contribution < 1.29 is 4.74 Å². The third-order valence-electron chi connectivity index (χ3n) is 2.37. The van der Waals surface area contributed by atoms with Crippen molar-refractivity contribution in [2.75, 3.05) is 6.61 Å². The van der Waals surface area contributed by atoms with Crippen molar-refractivity contribution in [3.05, 3.63) is 41.5 Å². The molecule has 1 nitrogen and oxygen atoms in total. The molecule has 1 unspecified atom stereocenters. The molecule has 1 aromatic rings. The van der Waals surface area contributed by atoms with Crippen LogP contribution in [0.4, 0.5) is 0 Å². The molecule has 68 valence electrons. The lowest BCUT2D eigenvalue weighted by molar-refractivity contribution is 0.407. The Kier molecular flexibility index (Phi) is 2.19. The van der Waals surface area contributed by atoms with E-state index in [9.17, 15) is 0 Å². The molecule has 1 aliphatic rings. The van der Waals surface area contributed by atoms with Gasteiger partial charge in [0.15, 0.2) is 0 Å². The highest BCUT2D eigenvalue weighted by molar-refractivity contribution is 5.53. The van der Waals surface area contributed by atoms with Crippen LogP contribution in [-0.2, 0) is 11.2 Å². The SMILES string of the molecule is C=Cc1ccc(C)cc1CC1CO1. The van der Waals surface area contributed by atoms with E-state index in [4.69, 9.17) is 4.74 Å². The van der Waals surface area contributed by atoms with Crippen LogP contribution in [-0.4, -0.2) is 12.7 Å². The van der Waals surface area contributed by atoms with Gasteiger partial charge in [0.2, 0.25) is 0 Å². The Labute approximate surface area is 79.0 Å². The summed E-state index contributed by atoms with van der Waals surface area (Å²) in [6, 6.07) is 6.47. The molecule has 0 N–H and O–H groups in total. The predicted molar refractivity (Wildman–Crippen MR) is 54.7 cm³/mol. The van der Waals surface area contributed by atoms with Crippen LogP contribution in [0, 0.1) is 6.92 Å². The molecule has 0 saturated carbocycles. The summed E-state index contributed by atoms with van der Waals surface area (Å²) >= 11 is 0. The first-order valence-corrected chi connectivity index (χ1v) is 4.63. The van der Waals surface area contributed by atoms with Gasteiger partial charge in [-0.3, -0.25) is 0 Å². The van der Waals surface area contributed by atoms with E-state index < -0.39 is 0 Å². The van der Waals surface area contributed by atoms with Crippen LogP contribution in [0.15, 0.2) is 24.8 Å². The topological polar surface area (TPSA) is 12.5 Å². The largest absolute Gasteiger partial charge is 0.373 e. The minimum Gasteiger partial charge on any atom is -0.373 e. The van der Waals surface area contributed by atoms with Crippen LogP contribution < -0.4 is 0 Å². The number of aryl methyl sites for hydroxylation is 1. The van der Waals surface area contributed by atoms with Crippen LogP contribution in [0.25, 0.3) is 6.08 Å². The lowest BCUT2D eigenvalue weighted by Crippen LogP contribution is -1.96. The van der Waals surface area contributed by atoms with Gasteiger partial charge in [-0.15, -0.1) is 0 Å². The molecule has 2 rings (SSSR count). The van der Waals surface area contributed by atoms with Crippen LogP contribution in [0.3, 0.4) is 0 Å². The molecular weight excluding hydrogens is 160 g/mol. The molecular formula is C12H14O. The first-order chi connectivity index (χ1) is 6.29. The van der Waals surface area contributed by atoms with Gasteiger partial charge in [-0.1, -0.05) is 36.4 Å². The van der Waals surface area contributed by atoms with Crippen LogP contribution in [0.2, 0.25) is 0 Å². The fraction of sp³-hybridized carbons (Fsp3) is 0.333. The smallest absolute Gasteiger partial charge is 0.0850 e. The van der Waals surface area contributed by atoms with Crippen molar-refractivity contribution in [3.63, 3.8) is 0 Å². The molecule has 1 heterocycles. The van der Waals surface area contributed by atoms with E-state index in [1.807, 2.05) is 6.08 Å². The summed E-state index contributed by atoms with van der Waals surface area (Å²) in [5.74, 6) is 0. The van der Waals surface area contributed by atoms with Crippen molar-refractivity contribution in [1.29, 1.82) is 0 Å². The Balaban J connectivity index is 2.27. The van der Waals surface area contributed by atoms with E-state index in [1.54, 1.807) is 0 Å². The summed E-state index contributed by atoms with van der Waals surface area (Å²) in [4.78, 5) is 0. The number of epoxide rings is 1. The average molecular weight is 174 g/mol. The summed E-state index contributed by atoms with van der Waals surface area (Å²) in [5.41, 5.74) is 3.90. The van der Waals surface area contributed by atoms with Crippen LogP contribution >= 0.6 is 0 Å². The normalized spacial score (nSPS) is 19.9. The molecule has 1 aliphatic heterocycles. The second-order valence-corrected chi connectivity index (χ2v) is 3.57. The first-order valence-electron chi connectivity index (χ1n) is 4.63. The van der Waals surface area contributed by atoms with Gasteiger partial charge in [0.05, 0.1) is 12.7 Å². The zero-order valence-corrected chi connectivity index (χ0v) is 7.92. The van der Waals surface area contributed by atoms with Crippen LogP contribution in [0.1, 0.15) is 16.7 Å². The molecule has 1 saturated heterocycles. The van der Waals surface area contributed by atoms with E-state index in [2.05, 4.69) is 31.7 Å². The van der Waals surface area contributed by atoms with E-state index in [0.29, 0.717) is 6.10 Å². The zero-order chi connectivity index (χ0) is 9.26. The monoisotopic (exact) mass is 174 g/mol. The highest BCUT2D eigenvalue weighted by atomic mass is 16.6. The Morgan fingerprint density at radius 1 is 1.62 bits per heavy atom. The molecule has 0 amide bonds. The van der Waals surface area contributed by atoms with E-state index in [0.717, 1.165) is 13.0 Å². The summed E-state index contributed by atoms with van der Waals surface area (Å²) in [6.45, 7) is 6.84. The fourth-order valence-electron chi connectivity index (χ4n) is 1.54. The summed E-state index contributed by atoms with van der Waals surface area (Å²) in [7, 11) is 0. The second kappa shape index (κ2) is 3.35. The Morgan fingerprint density at radius 2 is 2.38 bits per heavy atom. The molecule has 0 aromatic heterocycles. The number of hydrogen-bond donors (Lipinski definition) is 0. The van der Waals surface area contributed by atoms with Gasteiger partial charge in [-0.2, -0.15) is 0 Å². The molecule has 0 radical (unpaired) electrons. The average Bonchev–Trinajstić information content (AvgIpc) is 2.89. The Morgan fingerprint density at radius 3 is 3.00 bits per heavy atom. The summed E-state index contributed by atoms with van der Waals surface area (Å²) in [6.07, 6.45) is 3.40.